The third-order valence-corrected chi connectivity index (χ3v) is 5.30. The lowest BCUT2D eigenvalue weighted by atomic mass is 10.2. The first-order chi connectivity index (χ1) is 13.2. The number of carbonyl (C=O) groups is 1. The number of fused-ring (bicyclic) bond motifs is 1. The minimum absolute atomic E-state index is 0.0213. The van der Waals surface area contributed by atoms with Gasteiger partial charge >= 0.3 is 0 Å². The number of carbonyl (C=O) groups excluding carboxylic acids is 1. The second-order valence-electron chi connectivity index (χ2n) is 6.82. The molecule has 0 unspecified atom stereocenters. The number of amides is 1. The van der Waals surface area contributed by atoms with Gasteiger partial charge in [-0.15, -0.1) is 0 Å². The van der Waals surface area contributed by atoms with Gasteiger partial charge in [0.15, 0.2) is 18.2 Å². The highest BCUT2D eigenvalue weighted by atomic mass is 35.5. The van der Waals surface area contributed by atoms with Crippen LogP contribution in [-0.2, 0) is 4.79 Å². The fourth-order valence-electron chi connectivity index (χ4n) is 3.62. The van der Waals surface area contributed by atoms with Crippen LogP contribution in [-0.4, -0.2) is 61.7 Å². The predicted octanol–water partition coefficient (Wildman–Crippen LogP) is 2.67. The Morgan fingerprint density at radius 3 is 2.74 bits per heavy atom. The quantitative estimate of drug-likeness (QED) is 0.790. The normalized spacial score (nSPS) is 17.6. The second kappa shape index (κ2) is 8.15. The number of pyridine rings is 1. The summed E-state index contributed by atoms with van der Waals surface area (Å²) < 4.78 is 5.45. The van der Waals surface area contributed by atoms with Crippen LogP contribution in [0.5, 0.6) is 5.75 Å². The summed E-state index contributed by atoms with van der Waals surface area (Å²) in [6, 6.07) is 11.7. The molecule has 0 radical (unpaired) electrons. The number of ether oxygens (including phenoxy) is 1. The van der Waals surface area contributed by atoms with Gasteiger partial charge in [0.1, 0.15) is 0 Å². The lowest BCUT2D eigenvalue weighted by Gasteiger charge is -2.36. The SMILES string of the molecule is O=C1COc2cccnc2N1CCCN1CCN(c2cccc(Cl)c2)CC1. The summed E-state index contributed by atoms with van der Waals surface area (Å²) in [5.41, 5.74) is 1.18. The van der Waals surface area contributed by atoms with Crippen molar-refractivity contribution < 1.29 is 9.53 Å². The zero-order valence-electron chi connectivity index (χ0n) is 15.2. The van der Waals surface area contributed by atoms with Crippen LogP contribution in [0.4, 0.5) is 11.5 Å². The van der Waals surface area contributed by atoms with Gasteiger partial charge in [-0.2, -0.15) is 0 Å². The molecular weight excluding hydrogens is 364 g/mol. The van der Waals surface area contributed by atoms with Crippen LogP contribution in [0.25, 0.3) is 0 Å². The van der Waals surface area contributed by atoms with Crippen molar-refractivity contribution >= 4 is 29.0 Å². The molecule has 2 aliphatic heterocycles. The van der Waals surface area contributed by atoms with Crippen LogP contribution in [0, 0.1) is 0 Å². The van der Waals surface area contributed by atoms with Crippen molar-refractivity contribution in [2.24, 2.45) is 0 Å². The van der Waals surface area contributed by atoms with Gasteiger partial charge in [0.05, 0.1) is 0 Å². The van der Waals surface area contributed by atoms with E-state index in [2.05, 4.69) is 20.9 Å². The van der Waals surface area contributed by atoms with Crippen molar-refractivity contribution in [1.29, 1.82) is 0 Å². The van der Waals surface area contributed by atoms with Crippen molar-refractivity contribution in [2.75, 3.05) is 55.7 Å². The summed E-state index contributed by atoms with van der Waals surface area (Å²) in [5.74, 6) is 1.30. The molecule has 0 N–H and O–H groups in total. The van der Waals surface area contributed by atoms with E-state index < -0.39 is 0 Å². The highest BCUT2D eigenvalue weighted by molar-refractivity contribution is 6.30. The van der Waals surface area contributed by atoms with Crippen LogP contribution < -0.4 is 14.5 Å². The van der Waals surface area contributed by atoms with Gasteiger partial charge in [-0.3, -0.25) is 14.6 Å². The largest absolute Gasteiger partial charge is 0.480 e. The van der Waals surface area contributed by atoms with Crippen LogP contribution in [0.2, 0.25) is 5.02 Å². The molecule has 142 valence electrons. The van der Waals surface area contributed by atoms with Crippen LogP contribution in [0.3, 0.4) is 0 Å². The number of benzene rings is 1. The van der Waals surface area contributed by atoms with E-state index in [0.717, 1.165) is 44.2 Å². The maximum Gasteiger partial charge on any atom is 0.266 e. The molecule has 6 nitrogen and oxygen atoms in total. The van der Waals surface area contributed by atoms with Gasteiger partial charge in [-0.1, -0.05) is 17.7 Å². The van der Waals surface area contributed by atoms with E-state index >= 15 is 0 Å². The van der Waals surface area contributed by atoms with E-state index in [1.54, 1.807) is 11.1 Å². The summed E-state index contributed by atoms with van der Waals surface area (Å²) in [6.45, 7) is 5.73. The summed E-state index contributed by atoms with van der Waals surface area (Å²) >= 11 is 6.10. The molecule has 0 saturated carbocycles. The molecule has 1 fully saturated rings. The average molecular weight is 387 g/mol. The Morgan fingerprint density at radius 2 is 1.93 bits per heavy atom. The number of piperazine rings is 1. The van der Waals surface area contributed by atoms with Gasteiger partial charge in [0.2, 0.25) is 0 Å². The van der Waals surface area contributed by atoms with Crippen LogP contribution in [0.15, 0.2) is 42.6 Å². The lowest BCUT2D eigenvalue weighted by molar-refractivity contribution is -0.121. The predicted molar refractivity (Wildman–Crippen MR) is 107 cm³/mol. The molecule has 1 aromatic carbocycles. The number of hydrogen-bond donors (Lipinski definition) is 0. The molecule has 7 heteroatoms. The van der Waals surface area contributed by atoms with E-state index in [-0.39, 0.29) is 12.5 Å². The molecule has 1 aromatic heterocycles. The van der Waals surface area contributed by atoms with Gasteiger partial charge in [0, 0.05) is 49.6 Å². The highest BCUT2D eigenvalue weighted by Crippen LogP contribution is 2.29. The van der Waals surface area contributed by atoms with Crippen LogP contribution in [0.1, 0.15) is 6.42 Å². The van der Waals surface area contributed by atoms with Gasteiger partial charge < -0.3 is 9.64 Å². The third kappa shape index (κ3) is 4.17. The molecule has 0 bridgehead atoms. The fraction of sp³-hybridized carbons (Fsp3) is 0.400. The van der Waals surface area contributed by atoms with Gasteiger partial charge in [-0.25, -0.2) is 4.98 Å². The Labute approximate surface area is 164 Å². The van der Waals surface area contributed by atoms with Gasteiger partial charge in [-0.05, 0) is 43.3 Å². The Balaban J connectivity index is 1.27. The zero-order valence-corrected chi connectivity index (χ0v) is 15.9. The number of halogens is 1. The molecule has 0 aliphatic carbocycles. The standard InChI is InChI=1S/C20H23ClN4O2/c21-16-4-1-5-17(14-16)24-12-10-23(11-13-24)8-3-9-25-19(26)15-27-18-6-2-7-22-20(18)25/h1-2,4-7,14H,3,8-13,15H2. The van der Waals surface area contributed by atoms with Gasteiger partial charge in [0.25, 0.3) is 5.91 Å². The summed E-state index contributed by atoms with van der Waals surface area (Å²) in [4.78, 5) is 23.1. The summed E-state index contributed by atoms with van der Waals surface area (Å²) in [7, 11) is 0. The first kappa shape index (κ1) is 18.1. The van der Waals surface area contributed by atoms with Crippen molar-refractivity contribution in [2.45, 2.75) is 6.42 Å². The number of rotatable bonds is 5. The molecule has 1 amide bonds. The second-order valence-corrected chi connectivity index (χ2v) is 7.26. The lowest BCUT2D eigenvalue weighted by Crippen LogP contribution is -2.47. The molecule has 1 saturated heterocycles. The fourth-order valence-corrected chi connectivity index (χ4v) is 3.80. The third-order valence-electron chi connectivity index (χ3n) is 5.06. The molecule has 2 aromatic rings. The maximum absolute atomic E-state index is 12.2. The minimum Gasteiger partial charge on any atom is -0.480 e. The first-order valence-corrected chi connectivity index (χ1v) is 9.69. The first-order valence-electron chi connectivity index (χ1n) is 9.32. The smallest absolute Gasteiger partial charge is 0.266 e. The Kier molecular flexibility index (Phi) is 5.45. The number of hydrogen-bond acceptors (Lipinski definition) is 5. The van der Waals surface area contributed by atoms with Crippen molar-refractivity contribution in [3.8, 4) is 5.75 Å². The van der Waals surface area contributed by atoms with Crippen molar-refractivity contribution in [3.05, 3.63) is 47.6 Å². The van der Waals surface area contributed by atoms with E-state index in [9.17, 15) is 4.79 Å². The molecule has 4 rings (SSSR count). The van der Waals surface area contributed by atoms with E-state index in [1.807, 2.05) is 30.3 Å². The molecule has 2 aliphatic rings. The zero-order chi connectivity index (χ0) is 18.6. The number of anilines is 2. The number of aromatic nitrogens is 1. The average Bonchev–Trinajstić information content (AvgIpc) is 2.70. The molecule has 27 heavy (non-hydrogen) atoms. The Bertz CT molecular complexity index is 808. The minimum atomic E-state index is -0.0213. The molecular formula is C20H23ClN4O2. The molecule has 3 heterocycles. The van der Waals surface area contributed by atoms with Crippen molar-refractivity contribution in [1.82, 2.24) is 9.88 Å². The summed E-state index contributed by atoms with van der Waals surface area (Å²) in [6.07, 6.45) is 2.61. The molecule has 0 spiro atoms. The Morgan fingerprint density at radius 1 is 1.07 bits per heavy atom. The van der Waals surface area contributed by atoms with E-state index in [1.165, 1.54) is 5.69 Å². The van der Waals surface area contributed by atoms with E-state index in [0.29, 0.717) is 18.1 Å². The monoisotopic (exact) mass is 386 g/mol. The topological polar surface area (TPSA) is 48.9 Å². The molecule has 0 atom stereocenters. The van der Waals surface area contributed by atoms with Crippen LogP contribution >= 0.6 is 11.6 Å². The van der Waals surface area contributed by atoms with E-state index in [4.69, 9.17) is 16.3 Å². The highest BCUT2D eigenvalue weighted by Gasteiger charge is 2.26. The maximum atomic E-state index is 12.2. The Hall–Kier alpha value is -2.31. The number of nitrogens with zero attached hydrogens (tertiary/aromatic N) is 4. The van der Waals surface area contributed by atoms with Crippen molar-refractivity contribution in [3.63, 3.8) is 0 Å². The summed E-state index contributed by atoms with van der Waals surface area (Å²) in [5, 5.41) is 0.777.